The fraction of sp³-hybridized carbons (Fsp3) is 0.458. The predicted molar refractivity (Wildman–Crippen MR) is 117 cm³/mol. The Kier molecular flexibility index (Phi) is 7.28. The minimum absolute atomic E-state index is 0.0780. The van der Waals surface area contributed by atoms with Crippen molar-refractivity contribution in [3.8, 4) is 0 Å². The molecule has 1 atom stereocenters. The molecule has 0 radical (unpaired) electrons. The van der Waals surface area contributed by atoms with E-state index in [0.29, 0.717) is 35.5 Å². The Morgan fingerprint density at radius 3 is 2.48 bits per heavy atom. The molecule has 0 bridgehead atoms. The molecule has 1 aromatic carbocycles. The van der Waals surface area contributed by atoms with Crippen LogP contribution in [-0.2, 0) is 9.47 Å². The van der Waals surface area contributed by atoms with Gasteiger partial charge in [0.05, 0.1) is 19.3 Å². The van der Waals surface area contributed by atoms with Crippen LogP contribution >= 0.6 is 0 Å². The lowest BCUT2D eigenvalue weighted by Gasteiger charge is -2.25. The lowest BCUT2D eigenvalue weighted by Crippen LogP contribution is -2.41. The number of aryl methyl sites for hydroxylation is 2. The first kappa shape index (κ1) is 22.7. The maximum atomic E-state index is 13.2. The van der Waals surface area contributed by atoms with Gasteiger partial charge >= 0.3 is 5.97 Å². The number of H-pyrrole nitrogens is 1. The van der Waals surface area contributed by atoms with E-state index in [4.69, 9.17) is 9.47 Å². The normalized spacial score (nSPS) is 15.7. The van der Waals surface area contributed by atoms with E-state index in [2.05, 4.69) is 4.98 Å². The average molecular weight is 427 g/mol. The van der Waals surface area contributed by atoms with Crippen molar-refractivity contribution in [2.24, 2.45) is 0 Å². The van der Waals surface area contributed by atoms with Gasteiger partial charge in [0.15, 0.2) is 5.78 Å². The number of ketones is 1. The molecule has 7 nitrogen and oxygen atoms in total. The predicted octanol–water partition coefficient (Wildman–Crippen LogP) is 3.62. The van der Waals surface area contributed by atoms with Crippen LogP contribution in [0.25, 0.3) is 0 Å². The first-order valence-corrected chi connectivity index (χ1v) is 10.7. The standard InChI is InChI=1S/C24H30N2O5/c1-5-30-24(29)22-16(3)21(17(4)25-22)20(27)14-26(13-19-7-6-12-31-19)23(28)18-10-8-15(2)9-11-18/h8-11,19,25H,5-7,12-14H2,1-4H3. The lowest BCUT2D eigenvalue weighted by atomic mass is 10.0. The van der Waals surface area contributed by atoms with E-state index in [-0.39, 0.29) is 36.6 Å². The highest BCUT2D eigenvalue weighted by Gasteiger charge is 2.28. The van der Waals surface area contributed by atoms with Gasteiger partial charge in [-0.15, -0.1) is 0 Å². The highest BCUT2D eigenvalue weighted by molar-refractivity contribution is 6.05. The zero-order valence-corrected chi connectivity index (χ0v) is 18.6. The van der Waals surface area contributed by atoms with E-state index in [1.165, 1.54) is 0 Å². The van der Waals surface area contributed by atoms with Crippen molar-refractivity contribution in [3.63, 3.8) is 0 Å². The molecule has 31 heavy (non-hydrogen) atoms. The molecule has 0 aliphatic carbocycles. The van der Waals surface area contributed by atoms with Crippen LogP contribution in [-0.4, -0.2) is 60.0 Å². The molecule has 2 heterocycles. The molecule has 166 valence electrons. The van der Waals surface area contributed by atoms with Crippen molar-refractivity contribution in [1.82, 2.24) is 9.88 Å². The molecule has 0 saturated carbocycles. The van der Waals surface area contributed by atoms with Crippen LogP contribution in [0.15, 0.2) is 24.3 Å². The molecule has 1 aliphatic heterocycles. The van der Waals surface area contributed by atoms with Gasteiger partial charge in [-0.3, -0.25) is 9.59 Å². The summed E-state index contributed by atoms with van der Waals surface area (Å²) >= 11 is 0. The van der Waals surface area contributed by atoms with E-state index < -0.39 is 5.97 Å². The van der Waals surface area contributed by atoms with Gasteiger partial charge in [-0.1, -0.05) is 17.7 Å². The molecule has 7 heteroatoms. The van der Waals surface area contributed by atoms with Crippen molar-refractivity contribution >= 4 is 17.7 Å². The summed E-state index contributed by atoms with van der Waals surface area (Å²) in [6.45, 7) is 8.34. The van der Waals surface area contributed by atoms with E-state index in [0.717, 1.165) is 18.4 Å². The molecule has 1 unspecified atom stereocenters. The van der Waals surface area contributed by atoms with Gasteiger partial charge < -0.3 is 19.4 Å². The van der Waals surface area contributed by atoms with Crippen LogP contribution in [0.1, 0.15) is 67.8 Å². The minimum Gasteiger partial charge on any atom is -0.461 e. The zero-order valence-electron chi connectivity index (χ0n) is 18.6. The summed E-state index contributed by atoms with van der Waals surface area (Å²) in [6, 6.07) is 7.31. The number of carbonyl (C=O) groups excluding carboxylic acids is 3. The Morgan fingerprint density at radius 1 is 1.16 bits per heavy atom. The van der Waals surface area contributed by atoms with Crippen molar-refractivity contribution in [1.29, 1.82) is 0 Å². The van der Waals surface area contributed by atoms with Gasteiger partial charge in [0.1, 0.15) is 5.69 Å². The number of rotatable bonds is 8. The molecule has 0 spiro atoms. The Balaban J connectivity index is 1.85. The maximum Gasteiger partial charge on any atom is 0.355 e. The number of benzene rings is 1. The number of hydrogen-bond donors (Lipinski definition) is 1. The zero-order chi connectivity index (χ0) is 22.5. The largest absolute Gasteiger partial charge is 0.461 e. The fourth-order valence-corrected chi connectivity index (χ4v) is 3.96. The Bertz CT molecular complexity index is 955. The number of nitrogens with one attached hydrogen (secondary N) is 1. The summed E-state index contributed by atoms with van der Waals surface area (Å²) in [5, 5.41) is 0. The summed E-state index contributed by atoms with van der Waals surface area (Å²) in [5.74, 6) is -0.922. The molecular weight excluding hydrogens is 396 g/mol. The number of aromatic amines is 1. The summed E-state index contributed by atoms with van der Waals surface area (Å²) in [7, 11) is 0. The molecule has 1 fully saturated rings. The van der Waals surface area contributed by atoms with E-state index in [1.54, 1.807) is 37.8 Å². The molecule has 1 aliphatic rings. The van der Waals surface area contributed by atoms with Crippen molar-refractivity contribution in [3.05, 3.63) is 57.9 Å². The lowest BCUT2D eigenvalue weighted by molar-refractivity contribution is 0.0505. The third kappa shape index (κ3) is 5.22. The van der Waals surface area contributed by atoms with Gasteiger partial charge in [0.25, 0.3) is 5.91 Å². The molecule has 1 saturated heterocycles. The Morgan fingerprint density at radius 2 is 1.87 bits per heavy atom. The number of Topliss-reactive ketones (excluding diaryl/α,β-unsaturated/α-hetero) is 1. The van der Waals surface area contributed by atoms with Gasteiger partial charge in [0, 0.05) is 30.0 Å². The van der Waals surface area contributed by atoms with Crippen molar-refractivity contribution < 1.29 is 23.9 Å². The summed E-state index contributed by atoms with van der Waals surface area (Å²) < 4.78 is 10.8. The van der Waals surface area contributed by atoms with Crippen LogP contribution in [0.5, 0.6) is 0 Å². The van der Waals surface area contributed by atoms with Crippen LogP contribution < -0.4 is 0 Å². The highest BCUT2D eigenvalue weighted by Crippen LogP contribution is 2.21. The van der Waals surface area contributed by atoms with E-state index in [1.807, 2.05) is 19.1 Å². The maximum absolute atomic E-state index is 13.2. The van der Waals surface area contributed by atoms with Crippen molar-refractivity contribution in [2.45, 2.75) is 46.6 Å². The summed E-state index contributed by atoms with van der Waals surface area (Å²) in [4.78, 5) is 43.2. The monoisotopic (exact) mass is 426 g/mol. The average Bonchev–Trinajstić information content (AvgIpc) is 3.35. The number of amides is 1. The van der Waals surface area contributed by atoms with Gasteiger partial charge in [-0.05, 0) is 58.2 Å². The molecule has 1 amide bonds. The number of nitrogens with zero attached hydrogens (tertiary/aromatic N) is 1. The molecule has 1 aromatic heterocycles. The fourth-order valence-electron chi connectivity index (χ4n) is 3.96. The second kappa shape index (κ2) is 9.92. The Hall–Kier alpha value is -2.93. The van der Waals surface area contributed by atoms with E-state index >= 15 is 0 Å². The number of hydrogen-bond acceptors (Lipinski definition) is 5. The highest BCUT2D eigenvalue weighted by atomic mass is 16.5. The van der Waals surface area contributed by atoms with Crippen molar-refractivity contribution in [2.75, 3.05) is 26.3 Å². The third-order valence-corrected chi connectivity index (χ3v) is 5.56. The molecule has 1 N–H and O–H groups in total. The van der Waals surface area contributed by atoms with Crippen LogP contribution in [0.3, 0.4) is 0 Å². The molecular formula is C24H30N2O5. The SMILES string of the molecule is CCOC(=O)c1[nH]c(C)c(C(=O)CN(CC2CCCO2)C(=O)c2ccc(C)cc2)c1C. The number of aromatic nitrogens is 1. The smallest absolute Gasteiger partial charge is 0.355 e. The van der Waals surface area contributed by atoms with E-state index in [9.17, 15) is 14.4 Å². The number of carbonyl (C=O) groups is 3. The minimum atomic E-state index is -0.492. The molecule has 3 rings (SSSR count). The number of ether oxygens (including phenoxy) is 2. The number of esters is 1. The van der Waals surface area contributed by atoms with Crippen LogP contribution in [0.2, 0.25) is 0 Å². The van der Waals surface area contributed by atoms with Gasteiger partial charge in [0.2, 0.25) is 0 Å². The first-order chi connectivity index (χ1) is 14.8. The Labute approximate surface area is 182 Å². The quantitative estimate of drug-likeness (QED) is 0.514. The second-order valence-corrected chi connectivity index (χ2v) is 7.96. The third-order valence-electron chi connectivity index (χ3n) is 5.56. The molecule has 2 aromatic rings. The van der Waals surface area contributed by atoms with Gasteiger partial charge in [-0.25, -0.2) is 4.79 Å². The first-order valence-electron chi connectivity index (χ1n) is 10.7. The second-order valence-electron chi connectivity index (χ2n) is 7.96. The van der Waals surface area contributed by atoms with Crippen LogP contribution in [0, 0.1) is 20.8 Å². The van der Waals surface area contributed by atoms with Gasteiger partial charge in [-0.2, -0.15) is 0 Å². The summed E-state index contributed by atoms with van der Waals surface area (Å²) in [5.41, 5.74) is 3.43. The van der Waals surface area contributed by atoms with Crippen LogP contribution in [0.4, 0.5) is 0 Å². The topological polar surface area (TPSA) is 88.7 Å². The summed E-state index contributed by atoms with van der Waals surface area (Å²) in [6.07, 6.45) is 1.73.